The second-order valence-electron chi connectivity index (χ2n) is 5.51. The number of carbonyl (C=O) groups excluding carboxylic acids is 1. The van der Waals surface area contributed by atoms with Gasteiger partial charge < -0.3 is 9.47 Å². The van der Waals surface area contributed by atoms with Gasteiger partial charge in [-0.1, -0.05) is 24.3 Å². The van der Waals surface area contributed by atoms with Crippen LogP contribution in [-0.2, 0) is 4.74 Å². The number of aromatic nitrogens is 1. The zero-order valence-corrected chi connectivity index (χ0v) is 12.7. The summed E-state index contributed by atoms with van der Waals surface area (Å²) in [5.41, 5.74) is 3.27. The molecule has 1 aliphatic rings. The average molecular weight is 305 g/mol. The molecule has 4 rings (SSSR count). The minimum atomic E-state index is -0.500. The third-order valence-corrected chi connectivity index (χ3v) is 4.05. The Balaban J connectivity index is 1.77. The van der Waals surface area contributed by atoms with E-state index in [4.69, 9.17) is 9.47 Å². The number of hydrogen-bond donors (Lipinski definition) is 0. The highest BCUT2D eigenvalue weighted by Crippen LogP contribution is 2.32. The Morgan fingerprint density at radius 2 is 2.00 bits per heavy atom. The van der Waals surface area contributed by atoms with Crippen molar-refractivity contribution in [2.45, 2.75) is 12.7 Å². The number of carbonyl (C=O) groups is 1. The van der Waals surface area contributed by atoms with Crippen LogP contribution in [0.15, 0.2) is 54.6 Å². The van der Waals surface area contributed by atoms with Crippen molar-refractivity contribution in [2.75, 3.05) is 7.11 Å². The van der Waals surface area contributed by atoms with Crippen LogP contribution in [0.2, 0.25) is 0 Å². The number of fused-ring (bicyclic) bond motifs is 2. The predicted molar refractivity (Wildman–Crippen MR) is 87.6 cm³/mol. The third-order valence-electron chi connectivity index (χ3n) is 4.05. The number of nitrogens with zero attached hydrogens (tertiary/aromatic N) is 1. The van der Waals surface area contributed by atoms with E-state index in [1.807, 2.05) is 54.6 Å². The summed E-state index contributed by atoms with van der Waals surface area (Å²) >= 11 is 0. The number of methoxy groups -OCH3 is 1. The van der Waals surface area contributed by atoms with Gasteiger partial charge in [-0.25, -0.2) is 4.98 Å². The van der Waals surface area contributed by atoms with E-state index in [0.717, 1.165) is 22.2 Å². The molecule has 23 heavy (non-hydrogen) atoms. The summed E-state index contributed by atoms with van der Waals surface area (Å²) in [6, 6.07) is 17.5. The molecule has 0 spiro atoms. The van der Waals surface area contributed by atoms with Crippen LogP contribution in [-0.4, -0.2) is 24.2 Å². The maximum Gasteiger partial charge on any atom is 0.206 e. The molecular formula is C19H15NO3. The number of Topliss-reactive ketones (excluding diaryl/α,β-unsaturated/α-hetero) is 1. The quantitative estimate of drug-likeness (QED) is 0.722. The Morgan fingerprint density at radius 3 is 2.87 bits per heavy atom. The second kappa shape index (κ2) is 5.48. The van der Waals surface area contributed by atoms with Gasteiger partial charge in [0.15, 0.2) is 5.78 Å². The van der Waals surface area contributed by atoms with Crippen LogP contribution < -0.4 is 4.74 Å². The fraction of sp³-hybridized carbons (Fsp3) is 0.158. The van der Waals surface area contributed by atoms with Crippen LogP contribution in [0.5, 0.6) is 5.75 Å². The van der Waals surface area contributed by atoms with Gasteiger partial charge in [0.05, 0.1) is 23.2 Å². The first-order valence-corrected chi connectivity index (χ1v) is 7.47. The molecule has 3 aromatic rings. The molecule has 0 saturated heterocycles. The van der Waals surface area contributed by atoms with Gasteiger partial charge in [0.1, 0.15) is 5.75 Å². The summed E-state index contributed by atoms with van der Waals surface area (Å²) in [5.74, 6) is 0.596. The zero-order chi connectivity index (χ0) is 15.8. The van der Waals surface area contributed by atoms with Crippen molar-refractivity contribution in [3.8, 4) is 17.0 Å². The van der Waals surface area contributed by atoms with Crippen molar-refractivity contribution in [3.63, 3.8) is 0 Å². The van der Waals surface area contributed by atoms with Crippen molar-refractivity contribution in [1.29, 1.82) is 0 Å². The Morgan fingerprint density at radius 1 is 1.13 bits per heavy atom. The Labute approximate surface area is 133 Å². The van der Waals surface area contributed by atoms with Crippen molar-refractivity contribution < 1.29 is 14.3 Å². The molecule has 1 aromatic heterocycles. The summed E-state index contributed by atoms with van der Waals surface area (Å²) in [5, 5.41) is 1.09. The molecule has 0 aliphatic carbocycles. The van der Waals surface area contributed by atoms with E-state index in [1.165, 1.54) is 7.11 Å². The molecule has 0 fully saturated rings. The summed E-state index contributed by atoms with van der Waals surface area (Å²) in [7, 11) is 1.54. The highest BCUT2D eigenvalue weighted by Gasteiger charge is 2.26. The number of benzene rings is 2. The van der Waals surface area contributed by atoms with E-state index in [0.29, 0.717) is 11.3 Å². The first-order valence-electron chi connectivity index (χ1n) is 7.47. The maximum absolute atomic E-state index is 12.3. The van der Waals surface area contributed by atoms with E-state index in [9.17, 15) is 4.79 Å². The smallest absolute Gasteiger partial charge is 0.206 e. The molecule has 1 atom stereocenters. The molecule has 0 radical (unpaired) electrons. The fourth-order valence-electron chi connectivity index (χ4n) is 2.81. The number of para-hydroxylation sites is 1. The molecule has 0 N–H and O–H groups in total. The normalized spacial score (nSPS) is 16.9. The topological polar surface area (TPSA) is 48.4 Å². The lowest BCUT2D eigenvalue weighted by molar-refractivity contribution is -0.0575. The van der Waals surface area contributed by atoms with Gasteiger partial charge in [-0.05, 0) is 30.3 Å². The van der Waals surface area contributed by atoms with Crippen molar-refractivity contribution in [2.24, 2.45) is 0 Å². The standard InChI is InChI=1S/C19H15NO3/c1-22-19-11-17(21)14-10-13(7-9-18(14)23-19)16-8-6-12-4-2-3-5-15(12)20-16/h2-10,19H,11H2,1H3. The van der Waals surface area contributed by atoms with E-state index >= 15 is 0 Å². The highest BCUT2D eigenvalue weighted by atomic mass is 16.7. The summed E-state index contributed by atoms with van der Waals surface area (Å²) in [6.45, 7) is 0. The monoisotopic (exact) mass is 305 g/mol. The predicted octanol–water partition coefficient (Wildman–Crippen LogP) is 3.84. The van der Waals surface area contributed by atoms with Crippen LogP contribution in [0.3, 0.4) is 0 Å². The van der Waals surface area contributed by atoms with Gasteiger partial charge in [-0.15, -0.1) is 0 Å². The molecule has 114 valence electrons. The third kappa shape index (κ3) is 2.47. The number of hydrogen-bond acceptors (Lipinski definition) is 4. The Hall–Kier alpha value is -2.72. The first kappa shape index (κ1) is 13.9. The van der Waals surface area contributed by atoms with Gasteiger partial charge >= 0.3 is 0 Å². The first-order chi connectivity index (χ1) is 11.2. The average Bonchev–Trinajstić information content (AvgIpc) is 2.61. The zero-order valence-electron chi connectivity index (χ0n) is 12.7. The van der Waals surface area contributed by atoms with Crippen LogP contribution in [0.1, 0.15) is 16.8 Å². The molecule has 2 aromatic carbocycles. The van der Waals surface area contributed by atoms with Gasteiger partial charge in [0.25, 0.3) is 0 Å². The Bertz CT molecular complexity index is 904. The minimum absolute atomic E-state index is 0.0285. The summed E-state index contributed by atoms with van der Waals surface area (Å²) in [6.07, 6.45) is -0.266. The van der Waals surface area contributed by atoms with Crippen molar-refractivity contribution >= 4 is 16.7 Å². The minimum Gasteiger partial charge on any atom is -0.464 e. The molecule has 0 bridgehead atoms. The Kier molecular flexibility index (Phi) is 3.32. The highest BCUT2D eigenvalue weighted by molar-refractivity contribution is 6.01. The van der Waals surface area contributed by atoms with Crippen molar-refractivity contribution in [1.82, 2.24) is 4.98 Å². The molecule has 4 heteroatoms. The van der Waals surface area contributed by atoms with Gasteiger partial charge in [0.2, 0.25) is 6.29 Å². The van der Waals surface area contributed by atoms with Crippen LogP contribution in [0.25, 0.3) is 22.2 Å². The van der Waals surface area contributed by atoms with E-state index in [-0.39, 0.29) is 12.2 Å². The van der Waals surface area contributed by atoms with E-state index in [1.54, 1.807) is 0 Å². The molecule has 4 nitrogen and oxygen atoms in total. The van der Waals surface area contributed by atoms with E-state index < -0.39 is 6.29 Å². The summed E-state index contributed by atoms with van der Waals surface area (Å²) < 4.78 is 10.8. The lowest BCUT2D eigenvalue weighted by atomic mass is 9.99. The lowest BCUT2D eigenvalue weighted by Gasteiger charge is -2.24. The molecule has 1 aliphatic heterocycles. The number of pyridine rings is 1. The largest absolute Gasteiger partial charge is 0.464 e. The molecular weight excluding hydrogens is 290 g/mol. The van der Waals surface area contributed by atoms with Crippen LogP contribution in [0.4, 0.5) is 0 Å². The molecule has 0 saturated carbocycles. The van der Waals surface area contributed by atoms with Crippen LogP contribution in [0, 0.1) is 0 Å². The van der Waals surface area contributed by atoms with Crippen LogP contribution >= 0.6 is 0 Å². The number of ether oxygens (including phenoxy) is 2. The van der Waals surface area contributed by atoms with Gasteiger partial charge in [-0.3, -0.25) is 4.79 Å². The van der Waals surface area contributed by atoms with E-state index in [2.05, 4.69) is 4.98 Å². The number of ketones is 1. The second-order valence-corrected chi connectivity index (χ2v) is 5.51. The molecule has 1 unspecified atom stereocenters. The van der Waals surface area contributed by atoms with Crippen molar-refractivity contribution in [3.05, 3.63) is 60.2 Å². The lowest BCUT2D eigenvalue weighted by Crippen LogP contribution is -2.28. The molecule has 2 heterocycles. The van der Waals surface area contributed by atoms with Gasteiger partial charge in [-0.2, -0.15) is 0 Å². The summed E-state index contributed by atoms with van der Waals surface area (Å²) in [4.78, 5) is 16.9. The number of rotatable bonds is 2. The maximum atomic E-state index is 12.3. The SMILES string of the molecule is COC1CC(=O)c2cc(-c3ccc4ccccc4n3)ccc2O1. The molecule has 0 amide bonds. The van der Waals surface area contributed by atoms with Gasteiger partial charge in [0, 0.05) is 18.1 Å². The fourth-order valence-corrected chi connectivity index (χ4v) is 2.81.